The van der Waals surface area contributed by atoms with Gasteiger partial charge in [-0.3, -0.25) is 9.78 Å². The third-order valence-corrected chi connectivity index (χ3v) is 4.49. The van der Waals surface area contributed by atoms with Crippen LogP contribution < -0.4 is 10.2 Å². The molecule has 3 aromatic rings. The quantitative estimate of drug-likeness (QED) is 0.502. The van der Waals surface area contributed by atoms with Crippen LogP contribution in [0, 0.1) is 19.7 Å². The lowest BCUT2D eigenvalue weighted by atomic mass is 10.1. The number of aromatic nitrogens is 4. The number of carbonyl (C=O) groups is 1. The van der Waals surface area contributed by atoms with E-state index < -0.39 is 11.7 Å². The molecule has 0 aliphatic rings. The molecule has 0 saturated carbocycles. The van der Waals surface area contributed by atoms with Gasteiger partial charge in [-0.15, -0.1) is 0 Å². The van der Waals surface area contributed by atoms with Crippen LogP contribution in [0.15, 0.2) is 35.9 Å². The van der Waals surface area contributed by atoms with Crippen LogP contribution in [-0.2, 0) is 0 Å². The Kier molecular flexibility index (Phi) is 5.99. The molecule has 0 aliphatic carbocycles. The van der Waals surface area contributed by atoms with Crippen molar-refractivity contribution in [3.63, 3.8) is 0 Å². The summed E-state index contributed by atoms with van der Waals surface area (Å²) in [5, 5.41) is 7.09. The Labute approximate surface area is 164 Å². The van der Waals surface area contributed by atoms with Crippen molar-refractivity contribution in [1.29, 1.82) is 0 Å². The van der Waals surface area contributed by atoms with Crippen LogP contribution in [0.1, 0.15) is 40.7 Å². The van der Waals surface area contributed by atoms with Gasteiger partial charge in [0.2, 0.25) is 0 Å². The zero-order chi connectivity index (χ0) is 20.1. The number of aryl methyl sites for hydroxylation is 1. The number of carbonyl (C=O) groups excluding carboxylic acids is 1. The summed E-state index contributed by atoms with van der Waals surface area (Å²) in [6.07, 6.45) is 4.56. The molecule has 144 valence electrons. The second-order valence-corrected chi connectivity index (χ2v) is 6.48. The molecular formula is C18H17FN6O2S. The fourth-order valence-electron chi connectivity index (χ4n) is 2.28. The molecule has 3 heterocycles. The molecule has 0 atom stereocenters. The number of nitrogens with zero attached hydrogens (tertiary/aromatic N) is 5. The Morgan fingerprint density at radius 3 is 2.75 bits per heavy atom. The average Bonchev–Trinajstić information content (AvgIpc) is 3.11. The first-order valence-corrected chi connectivity index (χ1v) is 9.17. The van der Waals surface area contributed by atoms with Crippen LogP contribution in [-0.4, -0.2) is 30.9 Å². The Balaban J connectivity index is 1.71. The highest BCUT2D eigenvalue weighted by Gasteiger charge is 2.13. The first kappa shape index (κ1) is 19.5. The van der Waals surface area contributed by atoms with Gasteiger partial charge in [0.05, 0.1) is 17.5 Å². The smallest absolute Gasteiger partial charge is 0.323 e. The summed E-state index contributed by atoms with van der Waals surface area (Å²) in [5.41, 5.74) is 1.80. The summed E-state index contributed by atoms with van der Waals surface area (Å²) in [5.74, 6) is -0.0678. The molecule has 3 aromatic heterocycles. The second kappa shape index (κ2) is 8.61. The van der Waals surface area contributed by atoms with Gasteiger partial charge in [-0.1, -0.05) is 12.1 Å². The molecule has 0 aromatic carbocycles. The lowest BCUT2D eigenvalue weighted by Gasteiger charge is -2.08. The van der Waals surface area contributed by atoms with Crippen LogP contribution in [0.5, 0.6) is 5.19 Å². The van der Waals surface area contributed by atoms with Crippen LogP contribution in [0.25, 0.3) is 0 Å². The van der Waals surface area contributed by atoms with Gasteiger partial charge in [0.1, 0.15) is 17.5 Å². The van der Waals surface area contributed by atoms with E-state index in [-0.39, 0.29) is 11.1 Å². The molecule has 0 unspecified atom stereocenters. The van der Waals surface area contributed by atoms with Gasteiger partial charge >= 0.3 is 5.19 Å². The monoisotopic (exact) mass is 400 g/mol. The fourth-order valence-corrected chi connectivity index (χ4v) is 2.78. The summed E-state index contributed by atoms with van der Waals surface area (Å²) in [7, 11) is 0. The summed E-state index contributed by atoms with van der Waals surface area (Å²) in [6, 6.07) is 3.39. The predicted octanol–water partition coefficient (Wildman–Crippen LogP) is 3.53. The normalized spacial score (nSPS) is 11.4. The van der Waals surface area contributed by atoms with E-state index in [1.807, 2.05) is 6.92 Å². The third-order valence-electron chi connectivity index (χ3n) is 3.81. The molecule has 1 amide bonds. The number of amides is 1. The molecule has 8 nitrogen and oxygen atoms in total. The van der Waals surface area contributed by atoms with E-state index in [0.29, 0.717) is 29.0 Å². The lowest BCUT2D eigenvalue weighted by molar-refractivity contribution is 0.102. The first-order chi connectivity index (χ1) is 13.5. The molecule has 0 saturated heterocycles. The highest BCUT2D eigenvalue weighted by Crippen LogP contribution is 2.16. The fraction of sp³-hybridized carbons (Fsp3) is 0.222. The van der Waals surface area contributed by atoms with Crippen LogP contribution in [0.3, 0.4) is 0 Å². The Morgan fingerprint density at radius 1 is 1.29 bits per heavy atom. The standard InChI is InChI=1S/C18H17FN6O2S/c1-4-15(24-27-18-22-11(3)25-28-18)12-5-6-16(21-7-12)23-17(26)13-8-20-9-14(19)10(13)2/h5-9H,4H2,1-3H3,(H,21,23,26)/b24-15+. The van der Waals surface area contributed by atoms with Gasteiger partial charge in [0.25, 0.3) is 5.91 Å². The van der Waals surface area contributed by atoms with Crippen molar-refractivity contribution in [2.24, 2.45) is 5.16 Å². The molecule has 0 bridgehead atoms. The minimum absolute atomic E-state index is 0.155. The number of pyridine rings is 2. The zero-order valence-electron chi connectivity index (χ0n) is 15.4. The van der Waals surface area contributed by atoms with Gasteiger partial charge in [-0.25, -0.2) is 9.37 Å². The number of hydrogen-bond donors (Lipinski definition) is 1. The van der Waals surface area contributed by atoms with Crippen molar-refractivity contribution in [3.05, 3.63) is 59.1 Å². The molecule has 0 aliphatic heterocycles. The highest BCUT2D eigenvalue weighted by atomic mass is 32.1. The van der Waals surface area contributed by atoms with Crippen molar-refractivity contribution in [1.82, 2.24) is 19.3 Å². The lowest BCUT2D eigenvalue weighted by Crippen LogP contribution is -2.15. The SMILES string of the molecule is CC/C(=N\Oc1nc(C)ns1)c1ccc(NC(=O)c2cncc(F)c2C)nc1. The number of anilines is 1. The van der Waals surface area contributed by atoms with E-state index in [2.05, 4.69) is 29.8 Å². The number of nitrogens with one attached hydrogen (secondary N) is 1. The van der Waals surface area contributed by atoms with Gasteiger partial charge in [-0.2, -0.15) is 9.36 Å². The van der Waals surface area contributed by atoms with Crippen LogP contribution >= 0.6 is 11.5 Å². The predicted molar refractivity (Wildman–Crippen MR) is 103 cm³/mol. The highest BCUT2D eigenvalue weighted by molar-refractivity contribution is 7.07. The average molecular weight is 400 g/mol. The minimum atomic E-state index is -0.537. The van der Waals surface area contributed by atoms with E-state index in [0.717, 1.165) is 23.3 Å². The molecule has 28 heavy (non-hydrogen) atoms. The summed E-state index contributed by atoms with van der Waals surface area (Å²) >= 11 is 1.12. The van der Waals surface area contributed by atoms with Crippen molar-refractivity contribution in [3.8, 4) is 5.19 Å². The maximum Gasteiger partial charge on any atom is 0.324 e. The molecule has 3 rings (SSSR count). The van der Waals surface area contributed by atoms with Crippen LogP contribution in [0.4, 0.5) is 10.2 Å². The van der Waals surface area contributed by atoms with Crippen molar-refractivity contribution < 1.29 is 14.0 Å². The summed E-state index contributed by atoms with van der Waals surface area (Å²) < 4.78 is 17.6. The Bertz CT molecular complexity index is 1020. The number of oxime groups is 1. The largest absolute Gasteiger partial charge is 0.324 e. The summed E-state index contributed by atoms with van der Waals surface area (Å²) in [4.78, 5) is 29.6. The van der Waals surface area contributed by atoms with E-state index in [4.69, 9.17) is 4.84 Å². The molecule has 1 N–H and O–H groups in total. The number of hydrogen-bond acceptors (Lipinski definition) is 8. The van der Waals surface area contributed by atoms with E-state index in [1.54, 1.807) is 25.3 Å². The maximum atomic E-state index is 13.6. The van der Waals surface area contributed by atoms with Gasteiger partial charge in [0.15, 0.2) is 0 Å². The number of halogens is 1. The van der Waals surface area contributed by atoms with Crippen molar-refractivity contribution >= 4 is 29.0 Å². The molecule has 0 radical (unpaired) electrons. The van der Waals surface area contributed by atoms with E-state index >= 15 is 0 Å². The second-order valence-electron chi connectivity index (χ2n) is 5.77. The molecule has 10 heteroatoms. The van der Waals surface area contributed by atoms with E-state index in [1.165, 1.54) is 13.1 Å². The molecular weight excluding hydrogens is 383 g/mol. The Hall–Kier alpha value is -3.27. The minimum Gasteiger partial charge on any atom is -0.323 e. The Morgan fingerprint density at radius 2 is 2.11 bits per heavy atom. The van der Waals surface area contributed by atoms with Crippen LogP contribution in [0.2, 0.25) is 0 Å². The third kappa shape index (κ3) is 4.52. The topological polar surface area (TPSA) is 102 Å². The van der Waals surface area contributed by atoms with Crippen molar-refractivity contribution in [2.75, 3.05) is 5.32 Å². The molecule has 0 fully saturated rings. The first-order valence-electron chi connectivity index (χ1n) is 8.40. The maximum absolute atomic E-state index is 13.6. The summed E-state index contributed by atoms with van der Waals surface area (Å²) in [6.45, 7) is 5.22. The van der Waals surface area contributed by atoms with Gasteiger partial charge in [0, 0.05) is 35.1 Å². The van der Waals surface area contributed by atoms with Gasteiger partial charge in [-0.05, 0) is 32.4 Å². The van der Waals surface area contributed by atoms with Crippen molar-refractivity contribution in [2.45, 2.75) is 27.2 Å². The van der Waals surface area contributed by atoms with E-state index in [9.17, 15) is 9.18 Å². The number of rotatable bonds is 6. The van der Waals surface area contributed by atoms with Gasteiger partial charge < -0.3 is 10.2 Å². The molecule has 0 spiro atoms. The zero-order valence-corrected chi connectivity index (χ0v) is 16.2.